The third kappa shape index (κ3) is 2.52. The SMILES string of the molecule is O=C(C[n+]1ccccc1Br)c1cccs1. The Morgan fingerprint density at radius 1 is 1.33 bits per heavy atom. The van der Waals surface area contributed by atoms with Gasteiger partial charge in [-0.1, -0.05) is 6.07 Å². The van der Waals surface area contributed by atoms with Crippen molar-refractivity contribution in [2.45, 2.75) is 6.54 Å². The first-order valence-electron chi connectivity index (χ1n) is 4.48. The molecule has 0 aromatic carbocycles. The Bertz CT molecular complexity index is 467. The molecule has 2 nitrogen and oxygen atoms in total. The van der Waals surface area contributed by atoms with Gasteiger partial charge in [0.25, 0.3) is 0 Å². The first-order chi connectivity index (χ1) is 7.27. The molecule has 0 bridgehead atoms. The van der Waals surface area contributed by atoms with E-state index in [0.29, 0.717) is 6.54 Å². The fourth-order valence-corrected chi connectivity index (χ4v) is 2.31. The smallest absolute Gasteiger partial charge is 0.248 e. The average Bonchev–Trinajstić information content (AvgIpc) is 2.74. The average molecular weight is 283 g/mol. The number of pyridine rings is 1. The largest absolute Gasteiger partial charge is 0.286 e. The van der Waals surface area contributed by atoms with Gasteiger partial charge in [-0.05, 0) is 17.5 Å². The highest BCUT2D eigenvalue weighted by molar-refractivity contribution is 9.10. The summed E-state index contributed by atoms with van der Waals surface area (Å²) in [4.78, 5) is 12.6. The van der Waals surface area contributed by atoms with Gasteiger partial charge in [0, 0.05) is 28.1 Å². The van der Waals surface area contributed by atoms with E-state index in [2.05, 4.69) is 15.9 Å². The van der Waals surface area contributed by atoms with E-state index in [1.807, 2.05) is 46.5 Å². The first-order valence-corrected chi connectivity index (χ1v) is 6.15. The summed E-state index contributed by atoms with van der Waals surface area (Å²) in [7, 11) is 0. The topological polar surface area (TPSA) is 20.9 Å². The van der Waals surface area contributed by atoms with E-state index in [1.165, 1.54) is 11.3 Å². The van der Waals surface area contributed by atoms with Gasteiger partial charge in [-0.25, -0.2) is 0 Å². The second-order valence-corrected chi connectivity index (χ2v) is 4.81. The van der Waals surface area contributed by atoms with Crippen LogP contribution in [0.2, 0.25) is 0 Å². The summed E-state index contributed by atoms with van der Waals surface area (Å²) in [5.74, 6) is 0.141. The summed E-state index contributed by atoms with van der Waals surface area (Å²) < 4.78 is 2.79. The number of rotatable bonds is 3. The zero-order chi connectivity index (χ0) is 10.7. The van der Waals surface area contributed by atoms with Gasteiger partial charge in [-0.15, -0.1) is 11.3 Å². The van der Waals surface area contributed by atoms with Crippen LogP contribution < -0.4 is 4.57 Å². The van der Waals surface area contributed by atoms with Crippen molar-refractivity contribution in [3.05, 3.63) is 51.4 Å². The molecule has 0 saturated heterocycles. The Morgan fingerprint density at radius 3 is 2.87 bits per heavy atom. The molecular weight excluding hydrogens is 274 g/mol. The second kappa shape index (κ2) is 4.68. The van der Waals surface area contributed by atoms with Gasteiger partial charge in [0.2, 0.25) is 16.9 Å². The third-order valence-corrected chi connectivity index (χ3v) is 3.63. The number of hydrogen-bond acceptors (Lipinski definition) is 2. The molecule has 2 rings (SSSR count). The maximum atomic E-state index is 11.8. The summed E-state index contributed by atoms with van der Waals surface area (Å²) in [6.07, 6.45) is 1.88. The summed E-state index contributed by atoms with van der Waals surface area (Å²) >= 11 is 4.88. The van der Waals surface area contributed by atoms with Crippen molar-refractivity contribution in [3.8, 4) is 0 Å². The van der Waals surface area contributed by atoms with E-state index in [0.717, 1.165) is 9.48 Å². The number of carbonyl (C=O) groups is 1. The summed E-state index contributed by atoms with van der Waals surface area (Å²) in [6, 6.07) is 9.50. The molecule has 2 aromatic heterocycles. The van der Waals surface area contributed by atoms with Crippen molar-refractivity contribution in [1.82, 2.24) is 0 Å². The Labute approximate surface area is 100 Å². The van der Waals surface area contributed by atoms with Gasteiger partial charge >= 0.3 is 0 Å². The van der Waals surface area contributed by atoms with Crippen LogP contribution in [0.15, 0.2) is 46.5 Å². The molecule has 0 aliphatic carbocycles. The molecule has 2 aromatic rings. The fourth-order valence-electron chi connectivity index (χ4n) is 1.25. The number of halogens is 1. The Balaban J connectivity index is 2.17. The van der Waals surface area contributed by atoms with Crippen LogP contribution in [0.25, 0.3) is 0 Å². The summed E-state index contributed by atoms with van der Waals surface area (Å²) in [5, 5.41) is 1.91. The predicted octanol–water partition coefficient (Wildman–Crippen LogP) is 2.68. The minimum absolute atomic E-state index is 0.141. The van der Waals surface area contributed by atoms with Crippen molar-refractivity contribution >= 4 is 33.0 Å². The normalized spacial score (nSPS) is 10.2. The van der Waals surface area contributed by atoms with Crippen LogP contribution in [-0.2, 0) is 6.54 Å². The van der Waals surface area contributed by atoms with E-state index < -0.39 is 0 Å². The number of aromatic nitrogens is 1. The van der Waals surface area contributed by atoms with Crippen molar-refractivity contribution < 1.29 is 9.36 Å². The number of nitrogens with zero attached hydrogens (tertiary/aromatic N) is 1. The lowest BCUT2D eigenvalue weighted by molar-refractivity contribution is -0.694. The highest BCUT2D eigenvalue weighted by atomic mass is 79.9. The highest BCUT2D eigenvalue weighted by Gasteiger charge is 2.14. The van der Waals surface area contributed by atoms with E-state index in [-0.39, 0.29) is 5.78 Å². The molecule has 0 radical (unpaired) electrons. The number of thiophene rings is 1. The summed E-state index contributed by atoms with van der Waals surface area (Å²) in [5.41, 5.74) is 0. The van der Waals surface area contributed by atoms with Crippen LogP contribution in [0, 0.1) is 0 Å². The van der Waals surface area contributed by atoms with Crippen LogP contribution in [0.1, 0.15) is 9.67 Å². The lowest BCUT2D eigenvalue weighted by Crippen LogP contribution is -2.38. The molecule has 0 aliphatic rings. The molecular formula is C11H9BrNOS+. The number of carbonyl (C=O) groups excluding carboxylic acids is 1. The molecule has 0 saturated carbocycles. The zero-order valence-corrected chi connectivity index (χ0v) is 10.3. The van der Waals surface area contributed by atoms with Gasteiger partial charge in [0.1, 0.15) is 0 Å². The lowest BCUT2D eigenvalue weighted by Gasteiger charge is -1.96. The first kappa shape index (κ1) is 10.5. The fraction of sp³-hybridized carbons (Fsp3) is 0.0909. The van der Waals surface area contributed by atoms with Crippen LogP contribution in [-0.4, -0.2) is 5.78 Å². The molecule has 76 valence electrons. The van der Waals surface area contributed by atoms with Crippen LogP contribution in [0.4, 0.5) is 0 Å². The molecule has 0 aliphatic heterocycles. The Kier molecular flexibility index (Phi) is 3.28. The van der Waals surface area contributed by atoms with Gasteiger partial charge in [-0.3, -0.25) is 4.79 Å². The molecule has 0 fully saturated rings. The van der Waals surface area contributed by atoms with E-state index >= 15 is 0 Å². The molecule has 0 atom stereocenters. The maximum absolute atomic E-state index is 11.8. The standard InChI is InChI=1S/C11H9BrNOS/c12-11-5-1-2-6-13(11)8-9(14)10-4-3-7-15-10/h1-7H,8H2/q+1. The maximum Gasteiger partial charge on any atom is 0.248 e. The minimum Gasteiger partial charge on any atom is -0.286 e. The van der Waals surface area contributed by atoms with Gasteiger partial charge in [0.05, 0.1) is 4.88 Å². The lowest BCUT2D eigenvalue weighted by atomic mass is 10.3. The predicted molar refractivity (Wildman–Crippen MR) is 63.0 cm³/mol. The summed E-state index contributed by atoms with van der Waals surface area (Å²) in [6.45, 7) is 0.377. The van der Waals surface area contributed by atoms with Crippen LogP contribution in [0.3, 0.4) is 0 Å². The van der Waals surface area contributed by atoms with Gasteiger partial charge < -0.3 is 0 Å². The molecule has 0 unspecified atom stereocenters. The molecule has 0 N–H and O–H groups in total. The van der Waals surface area contributed by atoms with E-state index in [1.54, 1.807) is 0 Å². The molecule has 15 heavy (non-hydrogen) atoms. The Hall–Kier alpha value is -1.00. The highest BCUT2D eigenvalue weighted by Crippen LogP contribution is 2.10. The Morgan fingerprint density at radius 2 is 2.20 bits per heavy atom. The number of hydrogen-bond donors (Lipinski definition) is 0. The quantitative estimate of drug-likeness (QED) is 0.482. The van der Waals surface area contributed by atoms with Gasteiger partial charge in [-0.2, -0.15) is 4.57 Å². The number of Topliss-reactive ketones (excluding diaryl/α,β-unsaturated/α-hetero) is 1. The monoisotopic (exact) mass is 282 g/mol. The van der Waals surface area contributed by atoms with E-state index in [9.17, 15) is 4.79 Å². The molecule has 2 heterocycles. The third-order valence-electron chi connectivity index (χ3n) is 2.00. The molecule has 0 spiro atoms. The molecule has 4 heteroatoms. The minimum atomic E-state index is 0.141. The van der Waals surface area contributed by atoms with Gasteiger partial charge in [0.15, 0.2) is 6.20 Å². The van der Waals surface area contributed by atoms with E-state index in [4.69, 9.17) is 0 Å². The van der Waals surface area contributed by atoms with Crippen LogP contribution >= 0.6 is 27.3 Å². The van der Waals surface area contributed by atoms with Crippen molar-refractivity contribution in [2.75, 3.05) is 0 Å². The van der Waals surface area contributed by atoms with Crippen molar-refractivity contribution in [1.29, 1.82) is 0 Å². The molecule has 0 amide bonds. The zero-order valence-electron chi connectivity index (χ0n) is 7.89. The second-order valence-electron chi connectivity index (χ2n) is 3.05. The van der Waals surface area contributed by atoms with Crippen LogP contribution in [0.5, 0.6) is 0 Å². The number of ketones is 1. The van der Waals surface area contributed by atoms with Crippen molar-refractivity contribution in [3.63, 3.8) is 0 Å². The van der Waals surface area contributed by atoms with Crippen molar-refractivity contribution in [2.24, 2.45) is 0 Å².